The lowest BCUT2D eigenvalue weighted by Crippen LogP contribution is -2.48. The van der Waals surface area contributed by atoms with Crippen molar-refractivity contribution in [2.45, 2.75) is 6.10 Å². The second-order valence-corrected chi connectivity index (χ2v) is 8.60. The minimum atomic E-state index is -3.63. The van der Waals surface area contributed by atoms with Gasteiger partial charge in [0.25, 0.3) is 5.91 Å². The number of sulfonamides is 1. The maximum absolute atomic E-state index is 12.6. The van der Waals surface area contributed by atoms with Gasteiger partial charge in [-0.2, -0.15) is 0 Å². The summed E-state index contributed by atoms with van der Waals surface area (Å²) in [6.07, 6.45) is 0.00980. The molecule has 0 spiro atoms. The predicted octanol–water partition coefficient (Wildman–Crippen LogP) is 3.17. The second-order valence-electron chi connectivity index (χ2n) is 5.85. The number of carbonyl (C=O) groups is 1. The number of hydrogen-bond acceptors (Lipinski definition) is 5. The van der Waals surface area contributed by atoms with Gasteiger partial charge in [0.05, 0.1) is 30.6 Å². The van der Waals surface area contributed by atoms with Crippen molar-refractivity contribution in [1.82, 2.24) is 0 Å². The van der Waals surface area contributed by atoms with Crippen molar-refractivity contribution >= 4 is 50.5 Å². The average molecular weight is 431 g/mol. The molecule has 2 aromatic carbocycles. The summed E-state index contributed by atoms with van der Waals surface area (Å²) in [6.45, 7) is -0.179. The van der Waals surface area contributed by atoms with Gasteiger partial charge in [0.15, 0.2) is 6.10 Å². The largest absolute Gasteiger partial charge is 0.495 e. The van der Waals surface area contributed by atoms with Gasteiger partial charge < -0.3 is 14.8 Å². The molecule has 0 saturated heterocycles. The van der Waals surface area contributed by atoms with Crippen molar-refractivity contribution in [3.05, 3.63) is 46.4 Å². The highest BCUT2D eigenvalue weighted by molar-refractivity contribution is 7.92. The van der Waals surface area contributed by atoms with Gasteiger partial charge >= 0.3 is 0 Å². The van der Waals surface area contributed by atoms with Crippen LogP contribution in [0.15, 0.2) is 36.4 Å². The van der Waals surface area contributed by atoms with Crippen molar-refractivity contribution in [3.63, 3.8) is 0 Å². The monoisotopic (exact) mass is 430 g/mol. The molecule has 1 aliphatic heterocycles. The third-order valence-electron chi connectivity index (χ3n) is 3.90. The fourth-order valence-electron chi connectivity index (χ4n) is 2.64. The number of fused-ring (bicyclic) bond motifs is 1. The molecule has 1 heterocycles. The number of ether oxygens (including phenoxy) is 2. The maximum atomic E-state index is 12.6. The first-order valence-electron chi connectivity index (χ1n) is 7.77. The third-order valence-corrected chi connectivity index (χ3v) is 5.58. The highest BCUT2D eigenvalue weighted by atomic mass is 35.5. The minimum Gasteiger partial charge on any atom is -0.495 e. The van der Waals surface area contributed by atoms with E-state index in [0.717, 1.165) is 10.6 Å². The number of nitrogens with zero attached hydrogens (tertiary/aromatic N) is 1. The van der Waals surface area contributed by atoms with Crippen LogP contribution >= 0.6 is 23.2 Å². The normalized spacial score (nSPS) is 16.3. The van der Waals surface area contributed by atoms with E-state index in [1.54, 1.807) is 18.2 Å². The quantitative estimate of drug-likeness (QED) is 0.804. The molecule has 7 nitrogen and oxygen atoms in total. The standard InChI is InChI=1S/C17H16Cl2N2O5S/c1-25-14-6-4-11(8-12(14)19)20-17(22)16-9-21(27(2,23)24)13-7-10(18)3-5-15(13)26-16/h3-8,16H,9H2,1-2H3,(H,20,22). The Labute approximate surface area is 166 Å². The van der Waals surface area contributed by atoms with Crippen LogP contribution in [-0.2, 0) is 14.8 Å². The summed E-state index contributed by atoms with van der Waals surface area (Å²) in [5, 5.41) is 3.36. The lowest BCUT2D eigenvalue weighted by molar-refractivity contribution is -0.122. The Hall–Kier alpha value is -2.16. The highest BCUT2D eigenvalue weighted by Crippen LogP contribution is 2.37. The first-order chi connectivity index (χ1) is 12.7. The van der Waals surface area contributed by atoms with Crippen LogP contribution in [0.4, 0.5) is 11.4 Å². The topological polar surface area (TPSA) is 84.9 Å². The summed E-state index contributed by atoms with van der Waals surface area (Å²) in [6, 6.07) is 9.33. The molecule has 0 fully saturated rings. The zero-order valence-corrected chi connectivity index (χ0v) is 16.7. The number of carbonyl (C=O) groups excluding carboxylic acids is 1. The fraction of sp³-hybridized carbons (Fsp3) is 0.235. The molecule has 2 aromatic rings. The van der Waals surface area contributed by atoms with Crippen molar-refractivity contribution in [3.8, 4) is 11.5 Å². The van der Waals surface area contributed by atoms with Crippen LogP contribution in [0.2, 0.25) is 10.0 Å². The number of halogens is 2. The number of anilines is 2. The van der Waals surface area contributed by atoms with Crippen LogP contribution in [0.1, 0.15) is 0 Å². The molecule has 0 aliphatic carbocycles. The smallest absolute Gasteiger partial charge is 0.267 e. The van der Waals surface area contributed by atoms with Crippen molar-refractivity contribution in [2.24, 2.45) is 0 Å². The first-order valence-corrected chi connectivity index (χ1v) is 10.4. The zero-order valence-electron chi connectivity index (χ0n) is 14.4. The summed E-state index contributed by atoms with van der Waals surface area (Å²) in [7, 11) is -2.15. The van der Waals surface area contributed by atoms with Gasteiger partial charge in [-0.3, -0.25) is 9.10 Å². The van der Waals surface area contributed by atoms with Crippen LogP contribution in [0.5, 0.6) is 11.5 Å². The number of amides is 1. The molecule has 1 N–H and O–H groups in total. The average Bonchev–Trinajstić information content (AvgIpc) is 2.60. The minimum absolute atomic E-state index is 0.179. The van der Waals surface area contributed by atoms with Gasteiger partial charge in [-0.15, -0.1) is 0 Å². The molecular weight excluding hydrogens is 415 g/mol. The van der Waals surface area contributed by atoms with Crippen LogP contribution in [0, 0.1) is 0 Å². The van der Waals surface area contributed by atoms with Gasteiger partial charge in [0.1, 0.15) is 11.5 Å². The van der Waals surface area contributed by atoms with E-state index < -0.39 is 22.0 Å². The lowest BCUT2D eigenvalue weighted by Gasteiger charge is -2.34. The predicted molar refractivity (Wildman–Crippen MR) is 105 cm³/mol. The summed E-state index contributed by atoms with van der Waals surface area (Å²) < 4.78 is 36.2. The molecule has 1 aliphatic rings. The van der Waals surface area contributed by atoms with Crippen LogP contribution in [0.3, 0.4) is 0 Å². The van der Waals surface area contributed by atoms with Crippen molar-refractivity contribution in [2.75, 3.05) is 29.5 Å². The van der Waals surface area contributed by atoms with Gasteiger partial charge in [-0.05, 0) is 36.4 Å². The second kappa shape index (κ2) is 7.46. The van der Waals surface area contributed by atoms with Crippen LogP contribution in [-0.4, -0.2) is 40.3 Å². The maximum Gasteiger partial charge on any atom is 0.267 e. The van der Waals surface area contributed by atoms with E-state index in [9.17, 15) is 13.2 Å². The van der Waals surface area contributed by atoms with E-state index in [-0.39, 0.29) is 12.3 Å². The number of benzene rings is 2. The first kappa shape index (κ1) is 19.6. The van der Waals surface area contributed by atoms with Crippen molar-refractivity contribution in [1.29, 1.82) is 0 Å². The summed E-state index contributed by atoms with van der Waals surface area (Å²) in [4.78, 5) is 12.6. The Morgan fingerprint density at radius 2 is 2.00 bits per heavy atom. The Morgan fingerprint density at radius 3 is 2.63 bits per heavy atom. The van der Waals surface area contributed by atoms with Crippen LogP contribution < -0.4 is 19.1 Å². The zero-order chi connectivity index (χ0) is 19.8. The Kier molecular flexibility index (Phi) is 5.41. The molecule has 3 rings (SSSR count). The molecule has 0 aromatic heterocycles. The molecule has 1 amide bonds. The number of nitrogens with one attached hydrogen (secondary N) is 1. The SMILES string of the molecule is COc1ccc(NC(=O)C2CN(S(C)(=O)=O)c3cc(Cl)ccc3O2)cc1Cl. The van der Waals surface area contributed by atoms with E-state index in [1.165, 1.54) is 25.3 Å². The molecule has 27 heavy (non-hydrogen) atoms. The van der Waals surface area contributed by atoms with E-state index in [4.69, 9.17) is 32.7 Å². The molecule has 0 bridgehead atoms. The molecular formula is C17H16Cl2N2O5S. The Balaban J connectivity index is 1.86. The van der Waals surface area contributed by atoms with E-state index in [0.29, 0.717) is 27.2 Å². The van der Waals surface area contributed by atoms with Gasteiger partial charge in [-0.1, -0.05) is 23.2 Å². The summed E-state index contributed by atoms with van der Waals surface area (Å²) in [5.41, 5.74) is 0.726. The van der Waals surface area contributed by atoms with Gasteiger partial charge in [0, 0.05) is 10.7 Å². The number of hydrogen-bond donors (Lipinski definition) is 1. The van der Waals surface area contributed by atoms with E-state index >= 15 is 0 Å². The molecule has 144 valence electrons. The summed E-state index contributed by atoms with van der Waals surface area (Å²) >= 11 is 12.0. The molecule has 1 unspecified atom stereocenters. The Bertz CT molecular complexity index is 997. The lowest BCUT2D eigenvalue weighted by atomic mass is 10.2. The number of methoxy groups -OCH3 is 1. The summed E-state index contributed by atoms with van der Waals surface area (Å²) in [5.74, 6) is 0.215. The van der Waals surface area contributed by atoms with Crippen molar-refractivity contribution < 1.29 is 22.7 Å². The molecule has 1 atom stereocenters. The molecule has 0 saturated carbocycles. The third kappa shape index (κ3) is 4.23. The molecule has 10 heteroatoms. The molecule has 0 radical (unpaired) electrons. The Morgan fingerprint density at radius 1 is 1.26 bits per heavy atom. The number of rotatable bonds is 4. The van der Waals surface area contributed by atoms with Gasteiger partial charge in [-0.25, -0.2) is 8.42 Å². The fourth-order valence-corrected chi connectivity index (χ4v) is 3.97. The highest BCUT2D eigenvalue weighted by Gasteiger charge is 2.35. The van der Waals surface area contributed by atoms with Gasteiger partial charge in [0.2, 0.25) is 10.0 Å². The van der Waals surface area contributed by atoms with E-state index in [2.05, 4.69) is 5.32 Å². The van der Waals surface area contributed by atoms with Crippen LogP contribution in [0.25, 0.3) is 0 Å². The van der Waals surface area contributed by atoms with E-state index in [1.807, 2.05) is 0 Å².